The van der Waals surface area contributed by atoms with E-state index in [1.54, 1.807) is 6.92 Å². The molecule has 0 atom stereocenters. The van der Waals surface area contributed by atoms with Crippen molar-refractivity contribution in [3.8, 4) is 11.8 Å². The van der Waals surface area contributed by atoms with Crippen molar-refractivity contribution >= 4 is 5.91 Å². The Balaban J connectivity index is 3.22. The van der Waals surface area contributed by atoms with Gasteiger partial charge < -0.3 is 10.6 Å². The molecule has 62 valence electrons. The molecule has 0 aliphatic rings. The standard InChI is InChI=1S/C8H14N2O/c1-3-5-8(11)10-7-4-6-9-2/h9H,4,6-7H2,1-2H3,(H,10,11). The van der Waals surface area contributed by atoms with Gasteiger partial charge in [0, 0.05) is 6.54 Å². The van der Waals surface area contributed by atoms with E-state index >= 15 is 0 Å². The van der Waals surface area contributed by atoms with E-state index in [1.165, 1.54) is 0 Å². The first-order valence-corrected chi connectivity index (χ1v) is 3.66. The summed E-state index contributed by atoms with van der Waals surface area (Å²) in [7, 11) is 1.88. The highest BCUT2D eigenvalue weighted by molar-refractivity contribution is 5.93. The van der Waals surface area contributed by atoms with Crippen molar-refractivity contribution in [2.75, 3.05) is 20.1 Å². The van der Waals surface area contributed by atoms with Crippen molar-refractivity contribution in [2.45, 2.75) is 13.3 Å². The maximum absolute atomic E-state index is 10.7. The minimum absolute atomic E-state index is 0.191. The molecule has 0 saturated carbocycles. The average Bonchev–Trinajstić information content (AvgIpc) is 1.99. The van der Waals surface area contributed by atoms with Crippen LogP contribution in [0.1, 0.15) is 13.3 Å². The summed E-state index contributed by atoms with van der Waals surface area (Å²) in [5.41, 5.74) is 0. The van der Waals surface area contributed by atoms with Crippen LogP contribution in [-0.4, -0.2) is 26.0 Å². The van der Waals surface area contributed by atoms with Crippen LogP contribution in [0.25, 0.3) is 0 Å². The van der Waals surface area contributed by atoms with Gasteiger partial charge in [-0.05, 0) is 32.9 Å². The van der Waals surface area contributed by atoms with E-state index in [1.807, 2.05) is 7.05 Å². The quantitative estimate of drug-likeness (QED) is 0.432. The molecule has 0 bridgehead atoms. The topological polar surface area (TPSA) is 41.1 Å². The molecule has 0 radical (unpaired) electrons. The van der Waals surface area contributed by atoms with Crippen LogP contribution < -0.4 is 10.6 Å². The zero-order valence-electron chi connectivity index (χ0n) is 7.03. The molecule has 0 fully saturated rings. The van der Waals surface area contributed by atoms with Gasteiger partial charge in [-0.25, -0.2) is 0 Å². The van der Waals surface area contributed by atoms with Crippen molar-refractivity contribution in [2.24, 2.45) is 0 Å². The highest BCUT2D eigenvalue weighted by Gasteiger charge is 1.91. The molecule has 1 amide bonds. The van der Waals surface area contributed by atoms with Gasteiger partial charge in [-0.3, -0.25) is 4.79 Å². The molecule has 3 heteroatoms. The number of amides is 1. The van der Waals surface area contributed by atoms with Crippen LogP contribution in [0, 0.1) is 11.8 Å². The van der Waals surface area contributed by atoms with Crippen molar-refractivity contribution in [3.05, 3.63) is 0 Å². The predicted octanol–water partition coefficient (Wildman–Crippen LogP) is -0.265. The van der Waals surface area contributed by atoms with Gasteiger partial charge in [0.1, 0.15) is 0 Å². The van der Waals surface area contributed by atoms with Gasteiger partial charge >= 0.3 is 0 Å². The number of carbonyl (C=O) groups is 1. The van der Waals surface area contributed by atoms with Crippen molar-refractivity contribution in [3.63, 3.8) is 0 Å². The van der Waals surface area contributed by atoms with Gasteiger partial charge in [0.25, 0.3) is 5.91 Å². The Kier molecular flexibility index (Phi) is 6.45. The molecular formula is C8H14N2O. The Morgan fingerprint density at radius 3 is 2.73 bits per heavy atom. The molecule has 3 nitrogen and oxygen atoms in total. The van der Waals surface area contributed by atoms with Gasteiger partial charge in [0.05, 0.1) is 0 Å². The van der Waals surface area contributed by atoms with E-state index in [0.29, 0.717) is 6.54 Å². The molecule has 0 aromatic rings. The van der Waals surface area contributed by atoms with Crippen LogP contribution in [-0.2, 0) is 4.79 Å². The van der Waals surface area contributed by atoms with Gasteiger partial charge in [-0.15, -0.1) is 0 Å². The van der Waals surface area contributed by atoms with Crippen LogP contribution in [0.3, 0.4) is 0 Å². The van der Waals surface area contributed by atoms with Gasteiger partial charge in [0.2, 0.25) is 0 Å². The number of hydrogen-bond donors (Lipinski definition) is 2. The van der Waals surface area contributed by atoms with Crippen molar-refractivity contribution in [1.29, 1.82) is 0 Å². The smallest absolute Gasteiger partial charge is 0.295 e. The van der Waals surface area contributed by atoms with E-state index in [-0.39, 0.29) is 5.91 Å². The van der Waals surface area contributed by atoms with Crippen LogP contribution >= 0.6 is 0 Å². The highest BCUT2D eigenvalue weighted by atomic mass is 16.1. The molecule has 0 aliphatic carbocycles. The monoisotopic (exact) mass is 154 g/mol. The van der Waals surface area contributed by atoms with Crippen LogP contribution in [0.2, 0.25) is 0 Å². The van der Waals surface area contributed by atoms with Crippen molar-refractivity contribution in [1.82, 2.24) is 10.6 Å². The summed E-state index contributed by atoms with van der Waals surface area (Å²) in [5.74, 6) is 4.74. The Morgan fingerprint density at radius 2 is 2.18 bits per heavy atom. The lowest BCUT2D eigenvalue weighted by Crippen LogP contribution is -2.25. The lowest BCUT2D eigenvalue weighted by molar-refractivity contribution is -0.115. The average molecular weight is 154 g/mol. The normalized spacial score (nSPS) is 8.18. The van der Waals surface area contributed by atoms with Gasteiger partial charge in [-0.1, -0.05) is 5.92 Å². The molecular weight excluding hydrogens is 140 g/mol. The molecule has 0 aromatic heterocycles. The summed E-state index contributed by atoms with van der Waals surface area (Å²) in [5, 5.41) is 5.65. The Morgan fingerprint density at radius 1 is 1.45 bits per heavy atom. The Hall–Kier alpha value is -1.01. The maximum Gasteiger partial charge on any atom is 0.295 e. The molecule has 0 rings (SSSR count). The number of nitrogens with one attached hydrogen (secondary N) is 2. The third kappa shape index (κ3) is 6.88. The maximum atomic E-state index is 10.7. The lowest BCUT2D eigenvalue weighted by Gasteiger charge is -1.98. The summed E-state index contributed by atoms with van der Waals surface area (Å²) >= 11 is 0. The summed E-state index contributed by atoms with van der Waals surface area (Å²) in [6.07, 6.45) is 0.938. The molecule has 0 saturated heterocycles. The summed E-state index contributed by atoms with van der Waals surface area (Å²) in [4.78, 5) is 10.7. The van der Waals surface area contributed by atoms with Crippen LogP contribution in [0.15, 0.2) is 0 Å². The fourth-order valence-corrected chi connectivity index (χ4v) is 0.625. The molecule has 0 aliphatic heterocycles. The van der Waals surface area contributed by atoms with E-state index in [2.05, 4.69) is 22.5 Å². The summed E-state index contributed by atoms with van der Waals surface area (Å²) in [6, 6.07) is 0. The first kappa shape index (κ1) is 9.99. The van der Waals surface area contributed by atoms with Gasteiger partial charge in [0.15, 0.2) is 0 Å². The Labute approximate surface area is 67.6 Å². The van der Waals surface area contributed by atoms with E-state index in [4.69, 9.17) is 0 Å². The second-order valence-electron chi connectivity index (χ2n) is 2.09. The van der Waals surface area contributed by atoms with E-state index < -0.39 is 0 Å². The summed E-state index contributed by atoms with van der Waals surface area (Å²) < 4.78 is 0. The predicted molar refractivity (Wildman–Crippen MR) is 45.0 cm³/mol. The number of rotatable bonds is 4. The minimum Gasteiger partial charge on any atom is -0.345 e. The molecule has 11 heavy (non-hydrogen) atoms. The minimum atomic E-state index is -0.191. The second-order valence-corrected chi connectivity index (χ2v) is 2.09. The molecule has 2 N–H and O–H groups in total. The first-order valence-electron chi connectivity index (χ1n) is 3.66. The number of carbonyl (C=O) groups excluding carboxylic acids is 1. The molecule has 0 aromatic carbocycles. The third-order valence-corrected chi connectivity index (χ3v) is 1.13. The fourth-order valence-electron chi connectivity index (χ4n) is 0.625. The molecule has 0 spiro atoms. The SMILES string of the molecule is CC#CC(=O)NCCCNC. The molecule has 0 unspecified atom stereocenters. The first-order chi connectivity index (χ1) is 5.31. The largest absolute Gasteiger partial charge is 0.345 e. The summed E-state index contributed by atoms with van der Waals surface area (Å²) in [6.45, 7) is 3.25. The second kappa shape index (κ2) is 7.10. The highest BCUT2D eigenvalue weighted by Crippen LogP contribution is 1.71. The zero-order valence-corrected chi connectivity index (χ0v) is 7.03. The van der Waals surface area contributed by atoms with Crippen molar-refractivity contribution < 1.29 is 4.79 Å². The molecule has 0 heterocycles. The fraction of sp³-hybridized carbons (Fsp3) is 0.625. The lowest BCUT2D eigenvalue weighted by atomic mass is 10.4. The van der Waals surface area contributed by atoms with E-state index in [9.17, 15) is 4.79 Å². The van der Waals surface area contributed by atoms with E-state index in [0.717, 1.165) is 13.0 Å². The zero-order chi connectivity index (χ0) is 8.53. The van der Waals surface area contributed by atoms with Crippen LogP contribution in [0.5, 0.6) is 0 Å². The van der Waals surface area contributed by atoms with Gasteiger partial charge in [-0.2, -0.15) is 0 Å². The third-order valence-electron chi connectivity index (χ3n) is 1.13. The van der Waals surface area contributed by atoms with Crippen LogP contribution in [0.4, 0.5) is 0 Å². The Bertz CT molecular complexity index is 167. The number of hydrogen-bond acceptors (Lipinski definition) is 2.